The number of aromatic amines is 2. The number of amides is 4. The predicted molar refractivity (Wildman–Crippen MR) is 225 cm³/mol. The van der Waals surface area contributed by atoms with Gasteiger partial charge in [-0.15, -0.1) is 0 Å². The number of alkyl carbamates (subject to hydrolysis) is 1. The third-order valence-electron chi connectivity index (χ3n) is 11.5. The maximum atomic E-state index is 14.0. The van der Waals surface area contributed by atoms with Crippen LogP contribution in [0.15, 0.2) is 79.0 Å². The smallest absolute Gasteiger partial charge is 0.409 e. The van der Waals surface area contributed by atoms with Crippen LogP contribution in [0, 0.1) is 0 Å². The van der Waals surface area contributed by atoms with Crippen molar-refractivity contribution in [3.63, 3.8) is 0 Å². The number of nitrogens with one attached hydrogen (secondary N) is 3. The molecule has 1 fully saturated rings. The van der Waals surface area contributed by atoms with E-state index in [1.54, 1.807) is 30.0 Å². The molecule has 60 heavy (non-hydrogen) atoms. The summed E-state index contributed by atoms with van der Waals surface area (Å²) in [6.07, 6.45) is 2.83. The van der Waals surface area contributed by atoms with Crippen molar-refractivity contribution in [2.45, 2.75) is 64.4 Å². The zero-order valence-electron chi connectivity index (χ0n) is 34.3. The molecule has 0 bridgehead atoms. The number of aromatic nitrogens is 4. The lowest BCUT2D eigenvalue weighted by molar-refractivity contribution is -0.136. The van der Waals surface area contributed by atoms with Crippen LogP contribution in [0.25, 0.3) is 44.2 Å². The maximum absolute atomic E-state index is 14.0. The van der Waals surface area contributed by atoms with E-state index in [0.717, 1.165) is 74.8 Å². The molecule has 3 atom stereocenters. The van der Waals surface area contributed by atoms with Crippen molar-refractivity contribution in [1.29, 1.82) is 0 Å². The Morgan fingerprint density at radius 2 is 1.82 bits per heavy atom. The molecule has 4 aromatic carbocycles. The first-order chi connectivity index (χ1) is 29.1. The number of nitrogens with zero attached hydrogens (tertiary/aromatic N) is 5. The number of ether oxygens (including phenoxy) is 3. The standard InChI is InChI=1S/C45H48N8O7/c1-6-18-52(42(54)26(2)51(3)45(57)59-5)24-38-47-34-17-15-28-21-33-31-16-14-29(20-30(31)25-60-37(33)22-32(28)40(34)49-38)35-23-46-41(48-35)36-13-10-19-53(36)43(55)39(50-44(56)58-4)27-11-8-7-9-12-27/h7-9,11-12,14-17,20-23,26,36,39H,6,10,13,18-19,24-25H2,1-5H3,(H,46,48)(H,47,49)(H,50,56). The molecule has 1 saturated heterocycles. The van der Waals surface area contributed by atoms with Crippen LogP contribution in [-0.2, 0) is 32.2 Å². The van der Waals surface area contributed by atoms with Crippen molar-refractivity contribution >= 4 is 45.8 Å². The van der Waals surface area contributed by atoms with Crippen LogP contribution in [0.3, 0.4) is 0 Å². The number of H-pyrrole nitrogens is 2. The minimum absolute atomic E-state index is 0.191. The fraction of sp³-hybridized carbons (Fsp3) is 0.333. The summed E-state index contributed by atoms with van der Waals surface area (Å²) >= 11 is 0. The second-order valence-corrected chi connectivity index (χ2v) is 15.2. The van der Waals surface area contributed by atoms with Gasteiger partial charge < -0.3 is 39.3 Å². The lowest BCUT2D eigenvalue weighted by Gasteiger charge is -2.29. The molecule has 0 spiro atoms. The SMILES string of the molecule is CCCN(Cc1nc2c(ccc3cc4c(cc32)OCc2cc(-c3cnc(C5CCCN5C(=O)C(NC(=O)OC)c5ccccc5)[nH]3)ccc2-4)[nH]1)C(=O)C(C)N(C)C(=O)OC. The highest BCUT2D eigenvalue weighted by molar-refractivity contribution is 6.07. The number of hydrogen-bond acceptors (Lipinski definition) is 9. The van der Waals surface area contributed by atoms with Gasteiger partial charge in [0.15, 0.2) is 0 Å². The summed E-state index contributed by atoms with van der Waals surface area (Å²) in [4.78, 5) is 73.2. The Morgan fingerprint density at radius 1 is 1.00 bits per heavy atom. The molecule has 15 heteroatoms. The second kappa shape index (κ2) is 16.8. The lowest BCUT2D eigenvalue weighted by atomic mass is 9.92. The lowest BCUT2D eigenvalue weighted by Crippen LogP contribution is -2.47. The summed E-state index contributed by atoms with van der Waals surface area (Å²) in [6, 6.07) is 21.8. The van der Waals surface area contributed by atoms with Crippen LogP contribution in [-0.4, -0.2) is 99.0 Å². The highest BCUT2D eigenvalue weighted by Crippen LogP contribution is 2.43. The van der Waals surface area contributed by atoms with Gasteiger partial charge in [0.2, 0.25) is 5.91 Å². The van der Waals surface area contributed by atoms with E-state index in [2.05, 4.69) is 45.6 Å². The first kappa shape index (κ1) is 39.9. The van der Waals surface area contributed by atoms with E-state index in [9.17, 15) is 19.2 Å². The number of fused-ring (bicyclic) bond motifs is 6. The fourth-order valence-corrected chi connectivity index (χ4v) is 8.27. The zero-order valence-corrected chi connectivity index (χ0v) is 34.3. The molecule has 2 aromatic heterocycles. The van der Waals surface area contributed by atoms with Crippen molar-refractivity contribution in [1.82, 2.24) is 40.0 Å². The first-order valence-corrected chi connectivity index (χ1v) is 20.1. The number of carbonyl (C=O) groups is 4. The van der Waals surface area contributed by atoms with Gasteiger partial charge in [-0.3, -0.25) is 14.5 Å². The van der Waals surface area contributed by atoms with Crippen molar-refractivity contribution in [3.8, 4) is 28.1 Å². The molecule has 6 aromatic rings. The maximum Gasteiger partial charge on any atom is 0.409 e. The normalized spacial score (nSPS) is 15.4. The summed E-state index contributed by atoms with van der Waals surface area (Å²) in [7, 11) is 4.12. The van der Waals surface area contributed by atoms with Crippen LogP contribution in [0.2, 0.25) is 0 Å². The highest BCUT2D eigenvalue weighted by atomic mass is 16.5. The molecule has 310 valence electrons. The van der Waals surface area contributed by atoms with E-state index < -0.39 is 24.3 Å². The Labute approximate surface area is 347 Å². The molecule has 8 rings (SSSR count). The first-order valence-electron chi connectivity index (χ1n) is 20.1. The minimum Gasteiger partial charge on any atom is -0.488 e. The third-order valence-corrected chi connectivity index (χ3v) is 11.5. The van der Waals surface area contributed by atoms with Crippen LogP contribution in [0.5, 0.6) is 5.75 Å². The molecule has 0 aliphatic carbocycles. The van der Waals surface area contributed by atoms with E-state index >= 15 is 0 Å². The van der Waals surface area contributed by atoms with Crippen LogP contribution >= 0.6 is 0 Å². The average molecular weight is 813 g/mol. The van der Waals surface area contributed by atoms with E-state index in [1.807, 2.05) is 49.4 Å². The fourth-order valence-electron chi connectivity index (χ4n) is 8.27. The number of likely N-dealkylation sites (N-methyl/N-ethyl adjacent to an activating group) is 1. The number of methoxy groups -OCH3 is 2. The predicted octanol–water partition coefficient (Wildman–Crippen LogP) is 7.25. The highest BCUT2D eigenvalue weighted by Gasteiger charge is 2.37. The van der Waals surface area contributed by atoms with E-state index in [4.69, 9.17) is 24.2 Å². The molecule has 15 nitrogen and oxygen atoms in total. The molecule has 3 N–H and O–H groups in total. The van der Waals surface area contributed by atoms with Gasteiger partial charge in [0.25, 0.3) is 5.91 Å². The molecule has 2 aliphatic heterocycles. The number of likely N-dealkylation sites (tertiary alicyclic amines) is 1. The zero-order chi connectivity index (χ0) is 42.1. The van der Waals surface area contributed by atoms with Crippen molar-refractivity contribution in [3.05, 3.63) is 102 Å². The molecule has 3 unspecified atom stereocenters. The number of benzene rings is 4. The monoisotopic (exact) mass is 812 g/mol. The van der Waals surface area contributed by atoms with Gasteiger partial charge in [-0.05, 0) is 78.1 Å². The van der Waals surface area contributed by atoms with Gasteiger partial charge in [-0.25, -0.2) is 19.6 Å². The summed E-state index contributed by atoms with van der Waals surface area (Å²) in [6.45, 7) is 5.37. The van der Waals surface area contributed by atoms with Gasteiger partial charge in [0.1, 0.15) is 36.1 Å². The van der Waals surface area contributed by atoms with Crippen LogP contribution < -0.4 is 10.1 Å². The number of carbonyl (C=O) groups excluding carboxylic acids is 4. The quantitative estimate of drug-likeness (QED) is 0.122. The average Bonchev–Trinajstić information content (AvgIpc) is 4.07. The summed E-state index contributed by atoms with van der Waals surface area (Å²) in [5, 5.41) is 4.65. The summed E-state index contributed by atoms with van der Waals surface area (Å²) < 4.78 is 16.0. The third kappa shape index (κ3) is 7.58. The molecule has 4 heterocycles. The molecule has 4 amide bonds. The van der Waals surface area contributed by atoms with Gasteiger partial charge in [-0.1, -0.05) is 55.5 Å². The van der Waals surface area contributed by atoms with Gasteiger partial charge in [0.05, 0.1) is 49.7 Å². The molecule has 0 saturated carbocycles. The Hall–Kier alpha value is -6.90. The Kier molecular flexibility index (Phi) is 11.1. The number of imidazole rings is 2. The van der Waals surface area contributed by atoms with Crippen LogP contribution in [0.4, 0.5) is 9.59 Å². The molecule has 2 aliphatic rings. The van der Waals surface area contributed by atoms with Crippen LogP contribution in [0.1, 0.15) is 68.0 Å². The Bertz CT molecular complexity index is 2590. The van der Waals surface area contributed by atoms with E-state index in [-0.39, 0.29) is 24.4 Å². The Morgan fingerprint density at radius 3 is 2.58 bits per heavy atom. The number of rotatable bonds is 11. The largest absolute Gasteiger partial charge is 0.488 e. The van der Waals surface area contributed by atoms with Gasteiger partial charge in [0, 0.05) is 31.1 Å². The topological polar surface area (TPSA) is 175 Å². The van der Waals surface area contributed by atoms with Crippen molar-refractivity contribution < 1.29 is 33.4 Å². The molecule has 0 radical (unpaired) electrons. The van der Waals surface area contributed by atoms with E-state index in [1.165, 1.54) is 19.1 Å². The number of hydrogen-bond donors (Lipinski definition) is 3. The summed E-state index contributed by atoms with van der Waals surface area (Å²) in [5.74, 6) is 1.67. The van der Waals surface area contributed by atoms with Crippen molar-refractivity contribution in [2.75, 3.05) is 34.4 Å². The Balaban J connectivity index is 1.02. The molecular formula is C45H48N8O7. The summed E-state index contributed by atoms with van der Waals surface area (Å²) in [5.41, 5.74) is 7.15. The van der Waals surface area contributed by atoms with E-state index in [0.29, 0.717) is 36.9 Å². The molecular weight excluding hydrogens is 765 g/mol. The van der Waals surface area contributed by atoms with Gasteiger partial charge >= 0.3 is 12.2 Å². The van der Waals surface area contributed by atoms with Crippen molar-refractivity contribution in [2.24, 2.45) is 0 Å². The second-order valence-electron chi connectivity index (χ2n) is 15.2. The van der Waals surface area contributed by atoms with Gasteiger partial charge in [-0.2, -0.15) is 0 Å². The minimum atomic E-state index is -0.895.